The van der Waals surface area contributed by atoms with Gasteiger partial charge in [-0.1, -0.05) is 0 Å². The van der Waals surface area contributed by atoms with Crippen molar-refractivity contribution in [1.82, 2.24) is 0 Å². The second-order valence-electron chi connectivity index (χ2n) is 3.13. The zero-order chi connectivity index (χ0) is 13.5. The first-order valence-electron chi connectivity index (χ1n) is 4.68. The minimum atomic E-state index is -4.44. The van der Waals surface area contributed by atoms with Gasteiger partial charge in [-0.3, -0.25) is 13.8 Å². The molecular weight excluding hydrogens is 257 g/mol. The van der Waals surface area contributed by atoms with Crippen molar-refractivity contribution in [3.63, 3.8) is 0 Å². The number of hydrogen-bond donors (Lipinski definition) is 5. The molecule has 0 aromatic carbocycles. The molecule has 0 spiro atoms. The van der Waals surface area contributed by atoms with Crippen LogP contribution in [0.5, 0.6) is 0 Å². The Hall–Kier alpha value is -0.540. The predicted octanol–water partition coefficient (Wildman–Crippen LogP) is -1.72. The fraction of sp³-hybridized carbons (Fsp3) is 0.857. The summed E-state index contributed by atoms with van der Waals surface area (Å²) in [4.78, 5) is 19.4. The molecule has 6 N–H and O–H groups in total. The Morgan fingerprint density at radius 1 is 1.35 bits per heavy atom. The maximum atomic E-state index is 11.2. The number of aliphatic hydroxyl groups excluding tert-OH is 2. The molecule has 0 aromatic rings. The van der Waals surface area contributed by atoms with Crippen molar-refractivity contribution in [1.29, 1.82) is 0 Å². The molecular formula is C7H16NO8P. The van der Waals surface area contributed by atoms with Crippen molar-refractivity contribution in [3.05, 3.63) is 0 Å². The van der Waals surface area contributed by atoms with Crippen LogP contribution in [0.25, 0.3) is 0 Å². The summed E-state index contributed by atoms with van der Waals surface area (Å²) >= 11 is 0. The number of rotatable bonds is 9. The van der Waals surface area contributed by atoms with Gasteiger partial charge in [0.1, 0.15) is 12.1 Å². The molecule has 0 aromatic heterocycles. The fourth-order valence-electron chi connectivity index (χ4n) is 0.762. The third-order valence-corrected chi connectivity index (χ3v) is 2.76. The smallest absolute Gasteiger partial charge is 0.472 e. The van der Waals surface area contributed by atoms with E-state index in [0.29, 0.717) is 0 Å². The Morgan fingerprint density at radius 2 is 1.88 bits per heavy atom. The van der Waals surface area contributed by atoms with Gasteiger partial charge in [0.2, 0.25) is 0 Å². The highest BCUT2D eigenvalue weighted by atomic mass is 31.2. The van der Waals surface area contributed by atoms with Crippen molar-refractivity contribution < 1.29 is 38.6 Å². The van der Waals surface area contributed by atoms with Gasteiger partial charge >= 0.3 is 13.8 Å². The van der Waals surface area contributed by atoms with E-state index in [0.717, 1.165) is 0 Å². The maximum Gasteiger partial charge on any atom is 0.472 e. The van der Waals surface area contributed by atoms with E-state index >= 15 is 0 Å². The van der Waals surface area contributed by atoms with E-state index in [1.807, 2.05) is 0 Å². The monoisotopic (exact) mass is 273 g/mol. The van der Waals surface area contributed by atoms with E-state index in [1.54, 1.807) is 0 Å². The molecule has 17 heavy (non-hydrogen) atoms. The third kappa shape index (κ3) is 7.40. The van der Waals surface area contributed by atoms with E-state index < -0.39 is 45.8 Å². The van der Waals surface area contributed by atoms with Gasteiger partial charge in [-0.05, 0) is 6.42 Å². The van der Waals surface area contributed by atoms with Gasteiger partial charge in [0.25, 0.3) is 0 Å². The summed E-state index contributed by atoms with van der Waals surface area (Å²) in [5.41, 5.74) is 5.13. The number of aliphatic hydroxyl groups is 2. The predicted molar refractivity (Wildman–Crippen MR) is 55.1 cm³/mol. The zero-order valence-corrected chi connectivity index (χ0v) is 9.82. The molecule has 0 aliphatic carbocycles. The van der Waals surface area contributed by atoms with Crippen molar-refractivity contribution >= 4 is 13.8 Å². The van der Waals surface area contributed by atoms with Crippen LogP contribution in [0, 0.1) is 0 Å². The Labute approximate surface area is 97.4 Å². The van der Waals surface area contributed by atoms with E-state index in [1.165, 1.54) is 0 Å². The third-order valence-electron chi connectivity index (χ3n) is 1.69. The summed E-state index contributed by atoms with van der Waals surface area (Å²) < 4.78 is 20.0. The van der Waals surface area contributed by atoms with Crippen LogP contribution >= 0.6 is 7.82 Å². The lowest BCUT2D eigenvalue weighted by atomic mass is 10.2. The minimum Gasteiger partial charge on any atom is -0.480 e. The van der Waals surface area contributed by atoms with Crippen LogP contribution in [0.3, 0.4) is 0 Å². The Kier molecular flexibility index (Phi) is 7.48. The summed E-state index contributed by atoms with van der Waals surface area (Å²) in [5.74, 6) is -1.26. The number of carbonyl (C=O) groups is 1. The molecule has 0 aliphatic heterocycles. The van der Waals surface area contributed by atoms with Crippen LogP contribution in [0.4, 0.5) is 0 Å². The number of carboxylic acid groups (broad SMARTS) is 1. The van der Waals surface area contributed by atoms with Crippen LogP contribution < -0.4 is 5.73 Å². The summed E-state index contributed by atoms with van der Waals surface area (Å²) in [5, 5.41) is 25.6. The highest BCUT2D eigenvalue weighted by molar-refractivity contribution is 7.47. The second-order valence-corrected chi connectivity index (χ2v) is 4.53. The van der Waals surface area contributed by atoms with Crippen LogP contribution in [0.15, 0.2) is 0 Å². The normalized spacial score (nSPS) is 16.8. The van der Waals surface area contributed by atoms with E-state index in [4.69, 9.17) is 25.9 Å². The Bertz CT molecular complexity index is 281. The first-order chi connectivity index (χ1) is 7.82. The van der Waals surface area contributed by atoms with Gasteiger partial charge in [-0.15, -0.1) is 0 Å². The summed E-state index contributed by atoms with van der Waals surface area (Å²) in [7, 11) is -4.44. The van der Waals surface area contributed by atoms with Gasteiger partial charge in [-0.25, -0.2) is 4.57 Å². The molecule has 0 aliphatic rings. The minimum absolute atomic E-state index is 0.174. The van der Waals surface area contributed by atoms with E-state index in [-0.39, 0.29) is 6.42 Å². The topological polar surface area (TPSA) is 160 Å². The molecule has 0 amide bonds. The molecule has 0 fully saturated rings. The molecule has 9 nitrogen and oxygen atoms in total. The van der Waals surface area contributed by atoms with Crippen LogP contribution in [0.2, 0.25) is 0 Å². The molecule has 0 saturated heterocycles. The molecule has 0 saturated carbocycles. The lowest BCUT2D eigenvalue weighted by Crippen LogP contribution is -2.31. The zero-order valence-electron chi connectivity index (χ0n) is 8.93. The van der Waals surface area contributed by atoms with Gasteiger partial charge in [0, 0.05) is 0 Å². The Morgan fingerprint density at radius 3 is 2.29 bits per heavy atom. The molecule has 10 heteroatoms. The molecule has 0 heterocycles. The summed E-state index contributed by atoms with van der Waals surface area (Å²) in [6.07, 6.45) is -1.41. The molecule has 0 bridgehead atoms. The number of phosphoric acid groups is 1. The number of carboxylic acids is 1. The van der Waals surface area contributed by atoms with Gasteiger partial charge < -0.3 is 25.9 Å². The SMILES string of the molecule is NC(CCOP(=O)(O)OC(CO)CO)C(=O)O. The average molecular weight is 273 g/mol. The fourth-order valence-corrected chi connectivity index (χ4v) is 1.67. The number of aliphatic carboxylic acids is 1. The van der Waals surface area contributed by atoms with E-state index in [9.17, 15) is 9.36 Å². The van der Waals surface area contributed by atoms with Gasteiger partial charge in [0.15, 0.2) is 0 Å². The standard InChI is InChI=1S/C7H16NO8P/c8-6(7(11)12)1-2-15-17(13,14)16-5(3-9)4-10/h5-6,9-10H,1-4,8H2,(H,11,12)(H,13,14). The largest absolute Gasteiger partial charge is 0.480 e. The average Bonchev–Trinajstić information content (AvgIpc) is 2.25. The summed E-state index contributed by atoms with van der Waals surface area (Å²) in [6, 6.07) is -1.21. The summed E-state index contributed by atoms with van der Waals surface area (Å²) in [6.45, 7) is -1.71. The lowest BCUT2D eigenvalue weighted by molar-refractivity contribution is -0.138. The quantitative estimate of drug-likeness (QED) is 0.308. The highest BCUT2D eigenvalue weighted by Gasteiger charge is 2.26. The lowest BCUT2D eigenvalue weighted by Gasteiger charge is -2.17. The first kappa shape index (κ1) is 16.5. The van der Waals surface area contributed by atoms with Gasteiger partial charge in [-0.2, -0.15) is 0 Å². The molecule has 0 rings (SSSR count). The first-order valence-corrected chi connectivity index (χ1v) is 6.17. The number of phosphoric ester groups is 1. The molecule has 2 atom stereocenters. The maximum absolute atomic E-state index is 11.2. The van der Waals surface area contributed by atoms with Gasteiger partial charge in [0.05, 0.1) is 19.8 Å². The van der Waals surface area contributed by atoms with Crippen LogP contribution in [-0.2, 0) is 18.4 Å². The Balaban J connectivity index is 4.01. The van der Waals surface area contributed by atoms with Crippen LogP contribution in [-0.4, -0.2) is 58.1 Å². The molecule has 102 valence electrons. The second kappa shape index (κ2) is 7.72. The van der Waals surface area contributed by atoms with Crippen molar-refractivity contribution in [3.8, 4) is 0 Å². The highest BCUT2D eigenvalue weighted by Crippen LogP contribution is 2.44. The number of nitrogens with two attached hydrogens (primary N) is 1. The van der Waals surface area contributed by atoms with Crippen molar-refractivity contribution in [2.24, 2.45) is 5.73 Å². The van der Waals surface area contributed by atoms with Crippen LogP contribution in [0.1, 0.15) is 6.42 Å². The van der Waals surface area contributed by atoms with Crippen molar-refractivity contribution in [2.45, 2.75) is 18.6 Å². The number of hydrogen-bond acceptors (Lipinski definition) is 7. The molecule has 2 unspecified atom stereocenters. The molecule has 0 radical (unpaired) electrons. The van der Waals surface area contributed by atoms with Crippen molar-refractivity contribution in [2.75, 3.05) is 19.8 Å². The van der Waals surface area contributed by atoms with E-state index in [2.05, 4.69) is 9.05 Å².